The van der Waals surface area contributed by atoms with Gasteiger partial charge in [0, 0.05) is 11.8 Å². The van der Waals surface area contributed by atoms with E-state index in [2.05, 4.69) is 51.4 Å². The SMILES string of the molecule is CCCCCCOc1ccc(C#C[C@H]2CC[C@H](CCCCC)CC2)c(F)c1F.CCCCCCOc1ccc(C#C[C@H]2CC[C@H](CCCCCC)CC2)c(F)c1F. The van der Waals surface area contributed by atoms with Crippen LogP contribution in [0.15, 0.2) is 24.3 Å². The van der Waals surface area contributed by atoms with Gasteiger partial charge >= 0.3 is 0 Å². The molecule has 2 nitrogen and oxygen atoms in total. The third kappa shape index (κ3) is 18.6. The standard InChI is InChI=1S/C26H38F2O.C25H36F2O/c1-3-5-7-9-11-21-12-14-22(15-13-21)16-17-23-18-19-24(26(28)25(23)27)29-20-10-8-6-4-2;1-3-5-7-9-19-28-23-18-17-22(24(26)25(23)27)16-15-21-13-11-20(12-14-21)10-8-6-4-2/h18-19,21-22H,3-15,20H2,1-2H3;17-18,20-21H,3-14,19H2,1-2H3/t21-,22-;20-,21-. The van der Waals surface area contributed by atoms with E-state index < -0.39 is 23.3 Å². The summed E-state index contributed by atoms with van der Waals surface area (Å²) in [7, 11) is 0. The van der Waals surface area contributed by atoms with E-state index in [1.165, 1.54) is 95.6 Å². The number of rotatable bonds is 21. The molecule has 0 aromatic heterocycles. The number of benzene rings is 2. The summed E-state index contributed by atoms with van der Waals surface area (Å²) in [6.45, 7) is 9.59. The number of hydrogen-bond donors (Lipinski definition) is 0. The molecule has 0 saturated heterocycles. The third-order valence-corrected chi connectivity index (χ3v) is 11.8. The van der Waals surface area contributed by atoms with Gasteiger partial charge in [-0.05, 0) is 100 Å². The summed E-state index contributed by atoms with van der Waals surface area (Å²) >= 11 is 0. The van der Waals surface area contributed by atoms with Crippen LogP contribution in [0.25, 0.3) is 0 Å². The molecular weight excluding hydrogens is 721 g/mol. The molecule has 57 heavy (non-hydrogen) atoms. The van der Waals surface area contributed by atoms with Crippen LogP contribution in [0.4, 0.5) is 17.6 Å². The Bertz CT molecular complexity index is 1520. The molecule has 0 bridgehead atoms. The molecule has 0 N–H and O–H groups in total. The lowest BCUT2D eigenvalue weighted by atomic mass is 9.80. The highest BCUT2D eigenvalue weighted by Gasteiger charge is 2.21. The summed E-state index contributed by atoms with van der Waals surface area (Å²) in [5.74, 6) is 10.8. The predicted molar refractivity (Wildman–Crippen MR) is 230 cm³/mol. The van der Waals surface area contributed by atoms with Crippen LogP contribution in [0.2, 0.25) is 0 Å². The lowest BCUT2D eigenvalue weighted by Crippen LogP contribution is -2.13. The molecule has 0 spiro atoms. The van der Waals surface area contributed by atoms with Gasteiger partial charge in [0.25, 0.3) is 0 Å². The molecule has 2 saturated carbocycles. The highest BCUT2D eigenvalue weighted by molar-refractivity contribution is 5.42. The largest absolute Gasteiger partial charge is 0.490 e. The normalized spacial score (nSPS) is 19.0. The average Bonchev–Trinajstić information content (AvgIpc) is 3.23. The molecule has 0 heterocycles. The lowest BCUT2D eigenvalue weighted by molar-refractivity contribution is 0.285. The Hall–Kier alpha value is -3.12. The second kappa shape index (κ2) is 29.1. The zero-order chi connectivity index (χ0) is 41.1. The van der Waals surface area contributed by atoms with Crippen molar-refractivity contribution in [2.24, 2.45) is 23.7 Å². The molecule has 6 heteroatoms. The summed E-state index contributed by atoms with van der Waals surface area (Å²) in [6, 6.07) is 6.11. The van der Waals surface area contributed by atoms with Gasteiger partial charge in [0.05, 0.1) is 24.3 Å². The van der Waals surface area contributed by atoms with Gasteiger partial charge in [-0.15, -0.1) is 0 Å². The summed E-state index contributed by atoms with van der Waals surface area (Å²) < 4.78 is 68.0. The van der Waals surface area contributed by atoms with Crippen LogP contribution in [-0.4, -0.2) is 13.2 Å². The Kier molecular flexibility index (Phi) is 24.7. The molecule has 0 unspecified atom stereocenters. The van der Waals surface area contributed by atoms with E-state index in [4.69, 9.17) is 9.47 Å². The van der Waals surface area contributed by atoms with Crippen molar-refractivity contribution < 1.29 is 27.0 Å². The fourth-order valence-corrected chi connectivity index (χ4v) is 7.99. The summed E-state index contributed by atoms with van der Waals surface area (Å²) in [6.07, 6.45) is 29.4. The van der Waals surface area contributed by atoms with Crippen molar-refractivity contribution >= 4 is 0 Å². The maximum atomic E-state index is 14.4. The first-order valence-corrected chi connectivity index (χ1v) is 23.1. The van der Waals surface area contributed by atoms with Crippen molar-refractivity contribution in [3.63, 3.8) is 0 Å². The van der Waals surface area contributed by atoms with Gasteiger partial charge in [-0.25, -0.2) is 8.78 Å². The Balaban J connectivity index is 0.000000306. The van der Waals surface area contributed by atoms with Gasteiger partial charge in [-0.1, -0.05) is 148 Å². The number of halogens is 4. The van der Waals surface area contributed by atoms with Crippen LogP contribution < -0.4 is 9.47 Å². The maximum absolute atomic E-state index is 14.4. The van der Waals surface area contributed by atoms with Crippen LogP contribution >= 0.6 is 0 Å². The fraction of sp³-hybridized carbons (Fsp3) is 0.686. The van der Waals surface area contributed by atoms with E-state index in [0.717, 1.165) is 88.9 Å². The summed E-state index contributed by atoms with van der Waals surface area (Å²) in [4.78, 5) is 0. The molecule has 0 amide bonds. The van der Waals surface area contributed by atoms with Gasteiger partial charge in [0.15, 0.2) is 23.1 Å². The first-order chi connectivity index (χ1) is 27.8. The first kappa shape index (κ1) is 48.3. The Labute approximate surface area is 345 Å². The molecule has 2 fully saturated rings. The lowest BCUT2D eigenvalue weighted by Gasteiger charge is -2.25. The number of unbranched alkanes of at least 4 members (excludes halogenated alkanes) is 11. The first-order valence-electron chi connectivity index (χ1n) is 23.1. The Morgan fingerprint density at radius 2 is 0.789 bits per heavy atom. The maximum Gasteiger partial charge on any atom is 0.201 e. The minimum atomic E-state index is -0.915. The van der Waals surface area contributed by atoms with Crippen molar-refractivity contribution in [2.45, 2.75) is 188 Å². The number of hydrogen-bond acceptors (Lipinski definition) is 2. The molecule has 2 aliphatic rings. The van der Waals surface area contributed by atoms with E-state index in [-0.39, 0.29) is 22.6 Å². The molecule has 4 rings (SSSR count). The van der Waals surface area contributed by atoms with Crippen molar-refractivity contribution in [3.05, 3.63) is 58.7 Å². The highest BCUT2D eigenvalue weighted by Crippen LogP contribution is 2.33. The Morgan fingerprint density at radius 3 is 1.18 bits per heavy atom. The second-order valence-electron chi connectivity index (χ2n) is 16.6. The topological polar surface area (TPSA) is 18.5 Å². The Morgan fingerprint density at radius 1 is 0.439 bits per heavy atom. The minimum Gasteiger partial charge on any atom is -0.490 e. The summed E-state index contributed by atoms with van der Waals surface area (Å²) in [5, 5.41) is 0. The van der Waals surface area contributed by atoms with Crippen molar-refractivity contribution in [1.29, 1.82) is 0 Å². The molecule has 0 atom stereocenters. The van der Waals surface area contributed by atoms with E-state index in [1.807, 2.05) is 0 Å². The number of ether oxygens (including phenoxy) is 2. The molecular formula is C51H74F4O2. The van der Waals surface area contributed by atoms with Gasteiger partial charge in [-0.2, -0.15) is 8.78 Å². The van der Waals surface area contributed by atoms with E-state index in [1.54, 1.807) is 12.1 Å². The van der Waals surface area contributed by atoms with Gasteiger partial charge in [0.2, 0.25) is 11.6 Å². The smallest absolute Gasteiger partial charge is 0.201 e. The zero-order valence-corrected chi connectivity index (χ0v) is 36.0. The van der Waals surface area contributed by atoms with Crippen LogP contribution in [0.5, 0.6) is 11.5 Å². The highest BCUT2D eigenvalue weighted by atomic mass is 19.2. The fourth-order valence-electron chi connectivity index (χ4n) is 7.99. The molecule has 0 aliphatic heterocycles. The van der Waals surface area contributed by atoms with E-state index >= 15 is 0 Å². The van der Waals surface area contributed by atoms with Crippen molar-refractivity contribution in [1.82, 2.24) is 0 Å². The third-order valence-electron chi connectivity index (χ3n) is 11.8. The molecule has 2 aromatic carbocycles. The molecule has 2 aromatic rings. The molecule has 0 radical (unpaired) electrons. The van der Waals surface area contributed by atoms with Crippen LogP contribution in [-0.2, 0) is 0 Å². The van der Waals surface area contributed by atoms with Gasteiger partial charge in [-0.3, -0.25) is 0 Å². The quantitative estimate of drug-likeness (QED) is 0.0712. The van der Waals surface area contributed by atoms with Gasteiger partial charge in [0.1, 0.15) is 0 Å². The minimum absolute atomic E-state index is 0.00636. The zero-order valence-electron chi connectivity index (χ0n) is 36.0. The van der Waals surface area contributed by atoms with Crippen LogP contribution in [0.3, 0.4) is 0 Å². The van der Waals surface area contributed by atoms with Crippen molar-refractivity contribution in [2.75, 3.05) is 13.2 Å². The summed E-state index contributed by atoms with van der Waals surface area (Å²) in [5.41, 5.74) is 0.281. The molecule has 318 valence electrons. The van der Waals surface area contributed by atoms with E-state index in [0.29, 0.717) is 25.0 Å². The van der Waals surface area contributed by atoms with Crippen molar-refractivity contribution in [3.8, 4) is 35.2 Å². The van der Waals surface area contributed by atoms with Gasteiger partial charge < -0.3 is 9.47 Å². The monoisotopic (exact) mass is 795 g/mol. The second-order valence-corrected chi connectivity index (χ2v) is 16.6. The van der Waals surface area contributed by atoms with Crippen LogP contribution in [0.1, 0.15) is 199 Å². The molecule has 2 aliphatic carbocycles. The predicted octanol–water partition coefficient (Wildman–Crippen LogP) is 15.7. The average molecular weight is 795 g/mol. The van der Waals surface area contributed by atoms with E-state index in [9.17, 15) is 17.6 Å². The van der Waals surface area contributed by atoms with Crippen LogP contribution in [0, 0.1) is 70.6 Å².